The lowest BCUT2D eigenvalue weighted by Gasteiger charge is -2.13. The predicted octanol–water partition coefficient (Wildman–Crippen LogP) is 4.17. The van der Waals surface area contributed by atoms with E-state index in [2.05, 4.69) is 5.32 Å². The van der Waals surface area contributed by atoms with Gasteiger partial charge in [0, 0.05) is 12.3 Å². The van der Waals surface area contributed by atoms with Crippen LogP contribution >= 0.6 is 11.8 Å². The molecule has 0 radical (unpaired) electrons. The van der Waals surface area contributed by atoms with Crippen molar-refractivity contribution in [1.29, 1.82) is 0 Å². The fraction of sp³-hybridized carbons (Fsp3) is 0.350. The van der Waals surface area contributed by atoms with E-state index in [-0.39, 0.29) is 11.7 Å². The lowest BCUT2D eigenvalue weighted by molar-refractivity contribution is -0.118. The molecule has 0 aliphatic carbocycles. The van der Waals surface area contributed by atoms with Crippen LogP contribution in [0.4, 0.5) is 4.39 Å². The van der Waals surface area contributed by atoms with Gasteiger partial charge in [-0.3, -0.25) is 4.79 Å². The van der Waals surface area contributed by atoms with Gasteiger partial charge < -0.3 is 14.8 Å². The molecule has 1 amide bonds. The summed E-state index contributed by atoms with van der Waals surface area (Å²) >= 11 is 1.50. The molecular formula is C20H24FNO3S. The number of carbonyl (C=O) groups is 1. The summed E-state index contributed by atoms with van der Waals surface area (Å²) in [5.41, 5.74) is 1.95. The van der Waals surface area contributed by atoms with Crippen molar-refractivity contribution in [1.82, 2.24) is 5.32 Å². The topological polar surface area (TPSA) is 47.6 Å². The Hall–Kier alpha value is -2.21. The number of nitrogens with one attached hydrogen (secondary N) is 1. The second-order valence-electron chi connectivity index (χ2n) is 5.54. The van der Waals surface area contributed by atoms with E-state index in [1.165, 1.54) is 23.9 Å². The Bertz CT molecular complexity index is 707. The van der Waals surface area contributed by atoms with Crippen LogP contribution in [0.3, 0.4) is 0 Å². The number of hydrogen-bond donors (Lipinski definition) is 1. The van der Waals surface area contributed by atoms with Crippen molar-refractivity contribution < 1.29 is 18.7 Å². The lowest BCUT2D eigenvalue weighted by atomic mass is 10.2. The molecule has 0 aliphatic heterocycles. The van der Waals surface area contributed by atoms with Crippen molar-refractivity contribution >= 4 is 17.7 Å². The number of hydrogen-bond acceptors (Lipinski definition) is 4. The molecule has 2 rings (SSSR count). The maximum absolute atomic E-state index is 12.9. The molecule has 2 aromatic carbocycles. The SMILES string of the molecule is CCOc1ccc(CNC(=O)CSCc2ccc(F)cc2)cc1OCC. The van der Waals surface area contributed by atoms with Gasteiger partial charge in [0.2, 0.25) is 5.91 Å². The van der Waals surface area contributed by atoms with Crippen LogP contribution in [-0.2, 0) is 17.1 Å². The Balaban J connectivity index is 1.79. The standard InChI is InChI=1S/C20H24FNO3S/c1-3-24-18-10-7-16(11-19(18)25-4-2)12-22-20(23)14-26-13-15-5-8-17(21)9-6-15/h5-11H,3-4,12-14H2,1-2H3,(H,22,23). The van der Waals surface area contributed by atoms with Crippen molar-refractivity contribution in [2.75, 3.05) is 19.0 Å². The summed E-state index contributed by atoms with van der Waals surface area (Å²) in [5, 5.41) is 2.90. The molecule has 0 unspecified atom stereocenters. The summed E-state index contributed by atoms with van der Waals surface area (Å²) in [7, 11) is 0. The molecule has 2 aromatic rings. The smallest absolute Gasteiger partial charge is 0.230 e. The fourth-order valence-electron chi connectivity index (χ4n) is 2.30. The van der Waals surface area contributed by atoms with Crippen LogP contribution in [0.25, 0.3) is 0 Å². The van der Waals surface area contributed by atoms with E-state index in [1.54, 1.807) is 12.1 Å². The number of halogens is 1. The third kappa shape index (κ3) is 6.59. The van der Waals surface area contributed by atoms with E-state index >= 15 is 0 Å². The fourth-order valence-corrected chi connectivity index (χ4v) is 3.12. The molecule has 4 nitrogen and oxygen atoms in total. The first-order chi connectivity index (χ1) is 12.6. The predicted molar refractivity (Wildman–Crippen MR) is 103 cm³/mol. The Labute approximate surface area is 158 Å². The van der Waals surface area contributed by atoms with Gasteiger partial charge in [-0.25, -0.2) is 4.39 Å². The maximum atomic E-state index is 12.9. The average Bonchev–Trinajstić information content (AvgIpc) is 2.64. The molecule has 0 bridgehead atoms. The molecule has 0 saturated carbocycles. The van der Waals surface area contributed by atoms with Crippen LogP contribution in [0, 0.1) is 5.82 Å². The van der Waals surface area contributed by atoms with Gasteiger partial charge in [0.15, 0.2) is 11.5 Å². The van der Waals surface area contributed by atoms with Crippen molar-refractivity contribution in [3.05, 3.63) is 59.4 Å². The van der Waals surface area contributed by atoms with Gasteiger partial charge in [0.25, 0.3) is 0 Å². The largest absolute Gasteiger partial charge is 0.490 e. The van der Waals surface area contributed by atoms with Crippen LogP contribution in [0.2, 0.25) is 0 Å². The van der Waals surface area contributed by atoms with Gasteiger partial charge >= 0.3 is 0 Å². The molecule has 0 saturated heterocycles. The highest BCUT2D eigenvalue weighted by Gasteiger charge is 2.08. The van der Waals surface area contributed by atoms with Gasteiger partial charge in [-0.2, -0.15) is 0 Å². The second kappa shape index (κ2) is 10.7. The summed E-state index contributed by atoms with van der Waals surface area (Å²) in [6.07, 6.45) is 0. The molecule has 0 heterocycles. The molecular weight excluding hydrogens is 353 g/mol. The zero-order chi connectivity index (χ0) is 18.8. The summed E-state index contributed by atoms with van der Waals surface area (Å²) in [4.78, 5) is 12.0. The average molecular weight is 377 g/mol. The summed E-state index contributed by atoms with van der Waals surface area (Å²) in [6, 6.07) is 12.0. The zero-order valence-corrected chi connectivity index (χ0v) is 15.9. The van der Waals surface area contributed by atoms with Crippen LogP contribution in [0.5, 0.6) is 11.5 Å². The molecule has 0 fully saturated rings. The number of thioether (sulfide) groups is 1. The van der Waals surface area contributed by atoms with Crippen molar-refractivity contribution in [3.63, 3.8) is 0 Å². The van der Waals surface area contributed by atoms with E-state index in [1.807, 2.05) is 32.0 Å². The minimum Gasteiger partial charge on any atom is -0.490 e. The number of carbonyl (C=O) groups excluding carboxylic acids is 1. The number of benzene rings is 2. The minimum atomic E-state index is -0.252. The van der Waals surface area contributed by atoms with Crippen LogP contribution in [-0.4, -0.2) is 24.9 Å². The second-order valence-corrected chi connectivity index (χ2v) is 6.53. The van der Waals surface area contributed by atoms with Crippen LogP contribution in [0.15, 0.2) is 42.5 Å². The Kier molecular flexibility index (Phi) is 8.28. The van der Waals surface area contributed by atoms with Crippen LogP contribution < -0.4 is 14.8 Å². The number of rotatable bonds is 10. The normalized spacial score (nSPS) is 10.4. The quantitative estimate of drug-likeness (QED) is 0.675. The summed E-state index contributed by atoms with van der Waals surface area (Å²) in [5.74, 6) is 2.13. The summed E-state index contributed by atoms with van der Waals surface area (Å²) in [6.45, 7) is 5.40. The monoisotopic (exact) mass is 377 g/mol. The Morgan fingerprint density at radius 2 is 1.65 bits per heavy atom. The molecule has 0 atom stereocenters. The van der Waals surface area contributed by atoms with Crippen molar-refractivity contribution in [3.8, 4) is 11.5 Å². The molecule has 140 valence electrons. The van der Waals surface area contributed by atoms with Gasteiger partial charge in [-0.1, -0.05) is 18.2 Å². The molecule has 0 aliphatic rings. The molecule has 0 spiro atoms. The number of ether oxygens (including phenoxy) is 2. The third-order valence-electron chi connectivity index (χ3n) is 3.51. The lowest BCUT2D eigenvalue weighted by Crippen LogP contribution is -2.24. The van der Waals surface area contributed by atoms with Crippen molar-refractivity contribution in [2.45, 2.75) is 26.1 Å². The highest BCUT2D eigenvalue weighted by molar-refractivity contribution is 7.99. The number of amides is 1. The molecule has 0 aromatic heterocycles. The van der Waals surface area contributed by atoms with E-state index in [4.69, 9.17) is 9.47 Å². The first-order valence-electron chi connectivity index (χ1n) is 8.59. The van der Waals surface area contributed by atoms with Gasteiger partial charge in [0.1, 0.15) is 5.82 Å². The van der Waals surface area contributed by atoms with Gasteiger partial charge in [0.05, 0.1) is 19.0 Å². The third-order valence-corrected chi connectivity index (χ3v) is 4.52. The zero-order valence-electron chi connectivity index (χ0n) is 15.1. The first-order valence-corrected chi connectivity index (χ1v) is 9.75. The van der Waals surface area contributed by atoms with E-state index in [0.717, 1.165) is 11.1 Å². The molecule has 6 heteroatoms. The highest BCUT2D eigenvalue weighted by atomic mass is 32.2. The van der Waals surface area contributed by atoms with Gasteiger partial charge in [-0.05, 0) is 49.2 Å². The van der Waals surface area contributed by atoms with E-state index in [9.17, 15) is 9.18 Å². The first kappa shape index (κ1) is 20.1. The van der Waals surface area contributed by atoms with Gasteiger partial charge in [-0.15, -0.1) is 11.8 Å². The molecule has 1 N–H and O–H groups in total. The summed E-state index contributed by atoms with van der Waals surface area (Å²) < 4.78 is 24.0. The van der Waals surface area contributed by atoms with Crippen LogP contribution in [0.1, 0.15) is 25.0 Å². The molecule has 26 heavy (non-hydrogen) atoms. The van der Waals surface area contributed by atoms with E-state index < -0.39 is 0 Å². The highest BCUT2D eigenvalue weighted by Crippen LogP contribution is 2.28. The van der Waals surface area contributed by atoms with Crippen molar-refractivity contribution in [2.24, 2.45) is 0 Å². The van der Waals surface area contributed by atoms with E-state index in [0.29, 0.717) is 42.8 Å². The maximum Gasteiger partial charge on any atom is 0.230 e. The Morgan fingerprint density at radius 3 is 2.35 bits per heavy atom. The Morgan fingerprint density at radius 1 is 1.00 bits per heavy atom. The minimum absolute atomic E-state index is 0.0380.